The minimum atomic E-state index is -0.168. The van der Waals surface area contributed by atoms with Crippen LogP contribution in [0.25, 0.3) is 22.5 Å². The molecule has 0 saturated carbocycles. The van der Waals surface area contributed by atoms with Crippen molar-refractivity contribution < 1.29 is 9.21 Å². The number of carbonyl (C=O) groups is 1. The molecule has 0 spiro atoms. The predicted octanol–water partition coefficient (Wildman–Crippen LogP) is 6.55. The monoisotopic (exact) mass is 455 g/mol. The van der Waals surface area contributed by atoms with Crippen LogP contribution in [0.3, 0.4) is 0 Å². The average molecular weight is 456 g/mol. The van der Waals surface area contributed by atoms with Crippen LogP contribution in [0.5, 0.6) is 0 Å². The highest BCUT2D eigenvalue weighted by molar-refractivity contribution is 6.30. The predicted molar refractivity (Wildman–Crippen MR) is 130 cm³/mol. The summed E-state index contributed by atoms with van der Waals surface area (Å²) in [6, 6.07) is 20.8. The van der Waals surface area contributed by atoms with Gasteiger partial charge in [0, 0.05) is 16.1 Å². The number of fused-ring (bicyclic) bond motifs is 1. The van der Waals surface area contributed by atoms with Crippen LogP contribution in [-0.2, 0) is 6.54 Å². The van der Waals surface area contributed by atoms with Crippen molar-refractivity contribution in [3.63, 3.8) is 0 Å². The summed E-state index contributed by atoms with van der Waals surface area (Å²) in [6.07, 6.45) is 0. The SMILES string of the molecule is Cc1ccc(C)c(-c2nc(Cn3c(C(=O)c4ccc(Cl)cc4)nc4ccccc43)c(C)o2)c1. The Balaban J connectivity index is 1.59. The first-order chi connectivity index (χ1) is 15.9. The van der Waals surface area contributed by atoms with Crippen molar-refractivity contribution in [1.82, 2.24) is 14.5 Å². The first kappa shape index (κ1) is 21.2. The molecule has 33 heavy (non-hydrogen) atoms. The van der Waals surface area contributed by atoms with Gasteiger partial charge in [-0.05, 0) is 68.8 Å². The van der Waals surface area contributed by atoms with Crippen molar-refractivity contribution in [3.05, 3.63) is 106 Å². The number of hydrogen-bond acceptors (Lipinski definition) is 4. The van der Waals surface area contributed by atoms with E-state index in [2.05, 4.69) is 23.2 Å². The van der Waals surface area contributed by atoms with Gasteiger partial charge < -0.3 is 8.98 Å². The number of imidazole rings is 1. The number of ketones is 1. The van der Waals surface area contributed by atoms with E-state index in [-0.39, 0.29) is 5.78 Å². The van der Waals surface area contributed by atoms with Crippen molar-refractivity contribution in [1.29, 1.82) is 0 Å². The molecular weight excluding hydrogens is 434 g/mol. The number of aryl methyl sites for hydroxylation is 3. The third-order valence-corrected chi connectivity index (χ3v) is 6.04. The first-order valence-corrected chi connectivity index (χ1v) is 11.1. The Bertz CT molecular complexity index is 1500. The largest absolute Gasteiger partial charge is 0.441 e. The zero-order valence-corrected chi connectivity index (χ0v) is 19.3. The highest BCUT2D eigenvalue weighted by Crippen LogP contribution is 2.28. The van der Waals surface area contributed by atoms with Gasteiger partial charge in [0.2, 0.25) is 11.7 Å². The topological polar surface area (TPSA) is 60.9 Å². The molecular formula is C27H22ClN3O2. The lowest BCUT2D eigenvalue weighted by Gasteiger charge is -2.08. The molecule has 0 atom stereocenters. The van der Waals surface area contributed by atoms with Gasteiger partial charge in [-0.2, -0.15) is 0 Å². The zero-order valence-electron chi connectivity index (χ0n) is 18.6. The van der Waals surface area contributed by atoms with E-state index in [0.29, 0.717) is 34.6 Å². The van der Waals surface area contributed by atoms with E-state index in [1.165, 1.54) is 0 Å². The third kappa shape index (κ3) is 3.96. The van der Waals surface area contributed by atoms with Gasteiger partial charge in [-0.3, -0.25) is 4.79 Å². The summed E-state index contributed by atoms with van der Waals surface area (Å²) in [5, 5.41) is 0.581. The second-order valence-electron chi connectivity index (χ2n) is 8.19. The summed E-state index contributed by atoms with van der Waals surface area (Å²) in [5.74, 6) is 1.49. The van der Waals surface area contributed by atoms with Crippen LogP contribution in [0, 0.1) is 20.8 Å². The molecule has 2 aromatic heterocycles. The molecule has 5 aromatic rings. The quantitative estimate of drug-likeness (QED) is 0.282. The van der Waals surface area contributed by atoms with Crippen LogP contribution in [0.2, 0.25) is 5.02 Å². The van der Waals surface area contributed by atoms with Crippen molar-refractivity contribution in [3.8, 4) is 11.5 Å². The molecule has 5 nitrogen and oxygen atoms in total. The fourth-order valence-electron chi connectivity index (χ4n) is 3.95. The molecule has 2 heterocycles. The smallest absolute Gasteiger partial charge is 0.228 e. The Kier molecular flexibility index (Phi) is 5.35. The Morgan fingerprint density at radius 3 is 2.52 bits per heavy atom. The highest BCUT2D eigenvalue weighted by atomic mass is 35.5. The average Bonchev–Trinajstić information content (AvgIpc) is 3.36. The minimum Gasteiger partial charge on any atom is -0.441 e. The lowest BCUT2D eigenvalue weighted by Crippen LogP contribution is -2.13. The summed E-state index contributed by atoms with van der Waals surface area (Å²) >= 11 is 6.01. The fourth-order valence-corrected chi connectivity index (χ4v) is 4.07. The Morgan fingerprint density at radius 2 is 1.73 bits per heavy atom. The number of hydrogen-bond donors (Lipinski definition) is 0. The minimum absolute atomic E-state index is 0.168. The second kappa shape index (κ2) is 8.34. The molecule has 6 heteroatoms. The first-order valence-electron chi connectivity index (χ1n) is 10.7. The van der Waals surface area contributed by atoms with Crippen molar-refractivity contribution >= 4 is 28.4 Å². The molecule has 5 rings (SSSR count). The number of aromatic nitrogens is 3. The number of carbonyl (C=O) groups excluding carboxylic acids is 1. The van der Waals surface area contributed by atoms with E-state index >= 15 is 0 Å². The number of halogens is 1. The summed E-state index contributed by atoms with van der Waals surface area (Å²) in [6.45, 7) is 6.36. The molecule has 0 saturated heterocycles. The van der Waals surface area contributed by atoms with Gasteiger partial charge in [-0.25, -0.2) is 9.97 Å². The Labute approximate surface area is 196 Å². The summed E-state index contributed by atoms with van der Waals surface area (Å²) < 4.78 is 7.96. The van der Waals surface area contributed by atoms with E-state index in [4.69, 9.17) is 21.0 Å². The molecule has 0 radical (unpaired) electrons. The summed E-state index contributed by atoms with van der Waals surface area (Å²) in [5.41, 5.74) is 6.13. The molecule has 0 aliphatic rings. The van der Waals surface area contributed by atoms with E-state index < -0.39 is 0 Å². The molecule has 0 bridgehead atoms. The maximum Gasteiger partial charge on any atom is 0.228 e. The maximum absolute atomic E-state index is 13.4. The van der Waals surface area contributed by atoms with Gasteiger partial charge in [-0.15, -0.1) is 0 Å². The maximum atomic E-state index is 13.4. The third-order valence-electron chi connectivity index (χ3n) is 5.79. The zero-order chi connectivity index (χ0) is 23.1. The standard InChI is InChI=1S/C27H22ClN3O2/c1-16-8-9-17(2)21(14-16)27-30-23(18(3)33-27)15-31-24-7-5-4-6-22(24)29-26(31)25(32)19-10-12-20(28)13-11-19/h4-14H,15H2,1-3H3. The molecule has 0 unspecified atom stereocenters. The van der Waals surface area contributed by atoms with E-state index in [1.807, 2.05) is 49.6 Å². The van der Waals surface area contributed by atoms with Gasteiger partial charge in [-0.1, -0.05) is 41.4 Å². The van der Waals surface area contributed by atoms with E-state index in [9.17, 15) is 4.79 Å². The van der Waals surface area contributed by atoms with Gasteiger partial charge in [0.15, 0.2) is 5.82 Å². The number of para-hydroxylation sites is 2. The van der Waals surface area contributed by atoms with E-state index in [1.54, 1.807) is 24.3 Å². The summed E-state index contributed by atoms with van der Waals surface area (Å²) in [4.78, 5) is 22.8. The van der Waals surface area contributed by atoms with Gasteiger partial charge in [0.05, 0.1) is 17.6 Å². The van der Waals surface area contributed by atoms with Gasteiger partial charge in [0.25, 0.3) is 0 Å². The van der Waals surface area contributed by atoms with Crippen LogP contribution in [0.1, 0.15) is 38.8 Å². The lowest BCUT2D eigenvalue weighted by atomic mass is 10.1. The molecule has 3 aromatic carbocycles. The molecule has 0 N–H and O–H groups in total. The number of nitrogens with zero attached hydrogens (tertiary/aromatic N) is 3. The molecule has 0 aliphatic carbocycles. The van der Waals surface area contributed by atoms with Crippen molar-refractivity contribution in [2.24, 2.45) is 0 Å². The number of rotatable bonds is 5. The van der Waals surface area contributed by atoms with Gasteiger partial charge >= 0.3 is 0 Å². The van der Waals surface area contributed by atoms with Crippen LogP contribution in [0.4, 0.5) is 0 Å². The van der Waals surface area contributed by atoms with Crippen LogP contribution in [-0.4, -0.2) is 20.3 Å². The van der Waals surface area contributed by atoms with Crippen molar-refractivity contribution in [2.75, 3.05) is 0 Å². The number of oxazole rings is 1. The molecule has 0 fully saturated rings. The number of benzene rings is 3. The highest BCUT2D eigenvalue weighted by Gasteiger charge is 2.22. The van der Waals surface area contributed by atoms with E-state index in [0.717, 1.165) is 33.4 Å². The summed E-state index contributed by atoms with van der Waals surface area (Å²) in [7, 11) is 0. The Morgan fingerprint density at radius 1 is 0.970 bits per heavy atom. The van der Waals surface area contributed by atoms with Gasteiger partial charge in [0.1, 0.15) is 11.5 Å². The Hall–Kier alpha value is -3.70. The van der Waals surface area contributed by atoms with Crippen molar-refractivity contribution in [2.45, 2.75) is 27.3 Å². The molecule has 0 amide bonds. The molecule has 0 aliphatic heterocycles. The normalized spacial score (nSPS) is 11.3. The molecule has 164 valence electrons. The van der Waals surface area contributed by atoms with Crippen LogP contribution >= 0.6 is 11.6 Å². The second-order valence-corrected chi connectivity index (χ2v) is 8.62. The lowest BCUT2D eigenvalue weighted by molar-refractivity contribution is 0.102. The van der Waals surface area contributed by atoms with Crippen LogP contribution < -0.4 is 0 Å². The fraction of sp³-hybridized carbons (Fsp3) is 0.148. The van der Waals surface area contributed by atoms with Crippen LogP contribution in [0.15, 0.2) is 71.1 Å².